The van der Waals surface area contributed by atoms with Crippen molar-refractivity contribution in [2.75, 3.05) is 7.05 Å². The zero-order chi connectivity index (χ0) is 12.0. The highest BCUT2D eigenvalue weighted by atomic mass is 16.8. The molecule has 1 rings (SSSR count). The second-order valence-electron chi connectivity index (χ2n) is 2.91. The number of hydrogen-bond acceptors (Lipinski definition) is 4. The predicted octanol–water partition coefficient (Wildman–Crippen LogP) is -1.04. The maximum atomic E-state index is 10.7. The molecule has 5 N–H and O–H groups in total. The van der Waals surface area contributed by atoms with Gasteiger partial charge in [-0.25, -0.2) is 10.6 Å². The van der Waals surface area contributed by atoms with Crippen molar-refractivity contribution in [1.29, 1.82) is 0 Å². The molecule has 86 valence electrons. The Hall–Kier alpha value is -1.96. The van der Waals surface area contributed by atoms with Gasteiger partial charge in [0.05, 0.1) is 6.21 Å². The normalized spacial score (nSPS) is 14.1. The largest absolute Gasteiger partial charge is 0.595 e. The Morgan fingerprint density at radius 1 is 1.62 bits per heavy atom. The van der Waals surface area contributed by atoms with Crippen LogP contribution in [0.2, 0.25) is 0 Å². The molecule has 1 atom stereocenters. The molecule has 0 aliphatic carbocycles. The zero-order valence-electron chi connectivity index (χ0n) is 8.71. The highest BCUT2D eigenvalue weighted by molar-refractivity contribution is 5.83. The molecule has 1 aromatic carbocycles. The van der Waals surface area contributed by atoms with E-state index in [0.717, 1.165) is 0 Å². The lowest BCUT2D eigenvalue weighted by Gasteiger charge is -2.11. The van der Waals surface area contributed by atoms with E-state index in [1.165, 1.54) is 25.4 Å². The Morgan fingerprint density at radius 3 is 3.00 bits per heavy atom. The summed E-state index contributed by atoms with van der Waals surface area (Å²) >= 11 is 0. The molecule has 7 heteroatoms. The number of rotatable bonds is 3. The predicted molar refractivity (Wildman–Crippen MR) is 60.5 cm³/mol. The second kappa shape index (κ2) is 5.81. The monoisotopic (exact) mass is 223 g/mol. The summed E-state index contributed by atoms with van der Waals surface area (Å²) in [5, 5.41) is 22.3. The first-order valence-corrected chi connectivity index (χ1v) is 4.48. The number of quaternary nitrogens is 1. The fourth-order valence-electron chi connectivity index (χ4n) is 0.975. The maximum Gasteiger partial charge on any atom is 0.209 e. The van der Waals surface area contributed by atoms with Crippen LogP contribution < -0.4 is 16.4 Å². The van der Waals surface area contributed by atoms with Crippen molar-refractivity contribution in [1.82, 2.24) is 5.43 Å². The first kappa shape index (κ1) is 12.1. The number of hydrazone groups is 1. The molecule has 1 unspecified atom stereocenters. The topological polar surface area (TPSA) is 110 Å². The van der Waals surface area contributed by atoms with Gasteiger partial charge in [0.1, 0.15) is 0 Å². The highest BCUT2D eigenvalue weighted by Crippen LogP contribution is 2.03. The van der Waals surface area contributed by atoms with Gasteiger partial charge in [0.25, 0.3) is 0 Å². The van der Waals surface area contributed by atoms with Crippen LogP contribution in [0.4, 0.5) is 5.69 Å². The lowest BCUT2D eigenvalue weighted by atomic mass is 10.2. The van der Waals surface area contributed by atoms with Crippen molar-refractivity contribution in [3.05, 3.63) is 35.0 Å². The Balaban J connectivity index is 2.70. The van der Waals surface area contributed by atoms with Crippen molar-refractivity contribution >= 4 is 17.9 Å². The van der Waals surface area contributed by atoms with Crippen LogP contribution in [0.25, 0.3) is 0 Å². The Morgan fingerprint density at radius 2 is 2.38 bits per heavy atom. The van der Waals surface area contributed by atoms with E-state index in [-0.39, 0.29) is 11.6 Å². The number of guanidine groups is 1. The lowest BCUT2D eigenvalue weighted by molar-refractivity contribution is -0.991. The van der Waals surface area contributed by atoms with Gasteiger partial charge < -0.3 is 10.9 Å². The summed E-state index contributed by atoms with van der Waals surface area (Å²) in [5.74, 6) is 0.186. The van der Waals surface area contributed by atoms with E-state index in [1.54, 1.807) is 12.1 Å². The van der Waals surface area contributed by atoms with Crippen molar-refractivity contribution in [3.8, 4) is 0 Å². The molecule has 1 aromatic rings. The van der Waals surface area contributed by atoms with E-state index in [9.17, 15) is 5.21 Å². The van der Waals surface area contributed by atoms with Crippen molar-refractivity contribution in [2.45, 2.75) is 0 Å². The van der Waals surface area contributed by atoms with Crippen LogP contribution in [0.5, 0.6) is 0 Å². The molecule has 0 heterocycles. The fourth-order valence-corrected chi connectivity index (χ4v) is 0.975. The van der Waals surface area contributed by atoms with Gasteiger partial charge in [-0.05, 0) is 0 Å². The smallest absolute Gasteiger partial charge is 0.209 e. The van der Waals surface area contributed by atoms with Crippen LogP contribution in [-0.4, -0.2) is 24.4 Å². The lowest BCUT2D eigenvalue weighted by Crippen LogP contribution is -2.99. The van der Waals surface area contributed by atoms with Gasteiger partial charge in [-0.3, -0.25) is 4.99 Å². The third-order valence-corrected chi connectivity index (χ3v) is 1.77. The average molecular weight is 223 g/mol. The number of hydrogen-bond donors (Lipinski definition) is 4. The summed E-state index contributed by atoms with van der Waals surface area (Å²) in [7, 11) is 1.53. The van der Waals surface area contributed by atoms with Gasteiger partial charge in [0.15, 0.2) is 5.69 Å². The van der Waals surface area contributed by atoms with Crippen molar-refractivity contribution < 1.29 is 10.4 Å². The number of nitrogens with two attached hydrogens (primary N) is 1. The van der Waals surface area contributed by atoms with Gasteiger partial charge >= 0.3 is 0 Å². The molecule has 0 saturated carbocycles. The fraction of sp³-hybridized carbons (Fsp3) is 0.111. The van der Waals surface area contributed by atoms with E-state index in [0.29, 0.717) is 5.56 Å². The van der Waals surface area contributed by atoms with E-state index in [4.69, 9.17) is 10.9 Å². The van der Waals surface area contributed by atoms with Crippen LogP contribution in [0.15, 0.2) is 34.4 Å². The molecule has 0 aliphatic heterocycles. The van der Waals surface area contributed by atoms with Gasteiger partial charge in [-0.1, -0.05) is 12.1 Å². The van der Waals surface area contributed by atoms with E-state index in [2.05, 4.69) is 15.5 Å². The number of nitrogens with one attached hydrogen (secondary N) is 2. The summed E-state index contributed by atoms with van der Waals surface area (Å²) < 4.78 is 0. The van der Waals surface area contributed by atoms with Gasteiger partial charge in [-0.15, -0.1) is 0 Å². The van der Waals surface area contributed by atoms with Gasteiger partial charge in [0.2, 0.25) is 5.96 Å². The van der Waals surface area contributed by atoms with E-state index < -0.39 is 5.23 Å². The number of benzene rings is 1. The van der Waals surface area contributed by atoms with Crippen molar-refractivity contribution in [3.63, 3.8) is 0 Å². The molecular formula is C9H13N5O2. The minimum atomic E-state index is -0.974. The quantitative estimate of drug-likeness (QED) is 0.298. The molecule has 7 nitrogen and oxygen atoms in total. The molecular weight excluding hydrogens is 210 g/mol. The molecule has 0 bridgehead atoms. The third kappa shape index (κ3) is 3.65. The molecule has 0 saturated heterocycles. The van der Waals surface area contributed by atoms with Gasteiger partial charge in [0, 0.05) is 24.7 Å². The minimum absolute atomic E-state index is 0.186. The summed E-state index contributed by atoms with van der Waals surface area (Å²) in [6.07, 6.45) is 1.46. The summed E-state index contributed by atoms with van der Waals surface area (Å²) in [6.45, 7) is 0. The molecule has 16 heavy (non-hydrogen) atoms. The molecule has 0 aliphatic rings. The molecule has 0 aromatic heterocycles. The Labute approximate surface area is 92.4 Å². The molecule has 0 amide bonds. The summed E-state index contributed by atoms with van der Waals surface area (Å²) in [6, 6.07) is 6.39. The van der Waals surface area contributed by atoms with E-state index >= 15 is 0 Å². The summed E-state index contributed by atoms with van der Waals surface area (Å²) in [4.78, 5) is 3.64. The Kier molecular flexibility index (Phi) is 4.40. The maximum absolute atomic E-state index is 10.7. The highest BCUT2D eigenvalue weighted by Gasteiger charge is 1.99. The molecule has 0 radical (unpaired) electrons. The number of nitrogens with zero attached hydrogens (tertiary/aromatic N) is 2. The van der Waals surface area contributed by atoms with Crippen LogP contribution >= 0.6 is 0 Å². The SMILES string of the molecule is CN=C(N)N/N=C/c1cccc([NH+]([O-])O)c1. The first-order chi connectivity index (χ1) is 7.63. The van der Waals surface area contributed by atoms with Crippen LogP contribution in [0.1, 0.15) is 5.56 Å². The van der Waals surface area contributed by atoms with Crippen LogP contribution in [0.3, 0.4) is 0 Å². The average Bonchev–Trinajstić information content (AvgIpc) is 2.29. The number of aliphatic imine (C=N–C) groups is 1. The van der Waals surface area contributed by atoms with E-state index in [1.807, 2.05) is 0 Å². The standard InChI is InChI=1S/C9H13N5O2/c1-11-9(10)13-12-6-7-3-2-4-8(5-7)14(15)16/h2-6,14-15H,1H3,(H3,10,11,13)/b12-6+. The second-order valence-corrected chi connectivity index (χ2v) is 2.91. The zero-order valence-corrected chi connectivity index (χ0v) is 8.71. The van der Waals surface area contributed by atoms with Gasteiger partial charge in [-0.2, -0.15) is 10.3 Å². The van der Waals surface area contributed by atoms with Crippen LogP contribution in [-0.2, 0) is 0 Å². The van der Waals surface area contributed by atoms with Crippen LogP contribution in [0, 0.1) is 5.21 Å². The van der Waals surface area contributed by atoms with Crippen molar-refractivity contribution in [2.24, 2.45) is 15.8 Å². The minimum Gasteiger partial charge on any atom is -0.595 e. The molecule has 0 spiro atoms. The Bertz CT molecular complexity index is 403. The molecule has 0 fully saturated rings. The third-order valence-electron chi connectivity index (χ3n) is 1.77. The summed E-state index contributed by atoms with van der Waals surface area (Å²) in [5.41, 5.74) is 8.70. The first-order valence-electron chi connectivity index (χ1n) is 4.48.